The maximum atomic E-state index is 14.7. The van der Waals surface area contributed by atoms with E-state index in [1.165, 1.54) is 17.0 Å². The van der Waals surface area contributed by atoms with Gasteiger partial charge in [-0.25, -0.2) is 26.7 Å². The Balaban J connectivity index is 1.54. The summed E-state index contributed by atoms with van der Waals surface area (Å²) in [6, 6.07) is 2.08. The van der Waals surface area contributed by atoms with Crippen molar-refractivity contribution in [1.29, 1.82) is 0 Å². The fourth-order valence-corrected chi connectivity index (χ4v) is 4.57. The highest BCUT2D eigenvalue weighted by molar-refractivity contribution is 7.91. The van der Waals surface area contributed by atoms with Crippen molar-refractivity contribution >= 4 is 27.2 Å². The van der Waals surface area contributed by atoms with Crippen molar-refractivity contribution in [2.75, 3.05) is 23.0 Å². The van der Waals surface area contributed by atoms with E-state index < -0.39 is 33.7 Å². The second-order valence-corrected chi connectivity index (χ2v) is 9.19. The minimum Gasteiger partial charge on any atom is -0.442 e. The molecule has 8 nitrogen and oxygen atoms in total. The molecule has 2 aliphatic rings. The van der Waals surface area contributed by atoms with Crippen molar-refractivity contribution in [1.82, 2.24) is 15.0 Å². The number of halogens is 2. The first-order valence-corrected chi connectivity index (χ1v) is 10.8. The number of nitrogens with zero attached hydrogens (tertiary/aromatic N) is 4. The number of benzene rings is 1. The van der Waals surface area contributed by atoms with Gasteiger partial charge in [0.2, 0.25) is 0 Å². The molecule has 2 aliphatic heterocycles. The molecule has 30 heavy (non-hydrogen) atoms. The standard InChI is InChI=1S/C19H16F2N4O4S/c1-2-13-9-24(23-22-13)10-15-11-25(19(26)29-15)14-7-16(20)18(17(21)8-14)12-3-5-30(27,28)6-4-12/h1,3,7-9,15H,4-6,10-11H2. The van der Waals surface area contributed by atoms with Crippen LogP contribution in [0, 0.1) is 24.0 Å². The number of allylic oxidation sites excluding steroid dienone is 1. The quantitative estimate of drug-likeness (QED) is 0.681. The number of terminal acetylenes is 1. The highest BCUT2D eigenvalue weighted by Crippen LogP contribution is 2.32. The molecule has 2 aromatic rings. The summed E-state index contributed by atoms with van der Waals surface area (Å²) in [6.45, 7) is 0.241. The predicted octanol–water partition coefficient (Wildman–Crippen LogP) is 1.76. The minimum atomic E-state index is -3.22. The summed E-state index contributed by atoms with van der Waals surface area (Å²) in [5.74, 6) is 0.164. The van der Waals surface area contributed by atoms with Crippen LogP contribution in [0.5, 0.6) is 0 Å². The topological polar surface area (TPSA) is 94.4 Å². The van der Waals surface area contributed by atoms with Crippen molar-refractivity contribution in [3.05, 3.63) is 47.3 Å². The lowest BCUT2D eigenvalue weighted by molar-refractivity contribution is 0.129. The largest absolute Gasteiger partial charge is 0.442 e. The lowest BCUT2D eigenvalue weighted by atomic mass is 10.0. The van der Waals surface area contributed by atoms with Gasteiger partial charge in [-0.05, 0) is 30.0 Å². The Labute approximate surface area is 171 Å². The highest BCUT2D eigenvalue weighted by atomic mass is 32.2. The van der Waals surface area contributed by atoms with Gasteiger partial charge in [0, 0.05) is 5.56 Å². The van der Waals surface area contributed by atoms with Gasteiger partial charge in [-0.1, -0.05) is 11.3 Å². The molecular weight excluding hydrogens is 418 g/mol. The molecule has 0 aliphatic carbocycles. The second-order valence-electron chi connectivity index (χ2n) is 6.96. The van der Waals surface area contributed by atoms with E-state index in [1.807, 2.05) is 0 Å². The Morgan fingerprint density at radius 3 is 2.63 bits per heavy atom. The first kappa shape index (κ1) is 20.0. The molecular formula is C19H16F2N4O4S. The van der Waals surface area contributed by atoms with Crippen LogP contribution in [0.25, 0.3) is 5.57 Å². The number of anilines is 1. The summed E-state index contributed by atoms with van der Waals surface area (Å²) >= 11 is 0. The molecule has 1 aromatic heterocycles. The zero-order valence-corrected chi connectivity index (χ0v) is 16.4. The molecule has 0 saturated carbocycles. The maximum Gasteiger partial charge on any atom is 0.414 e. The van der Waals surface area contributed by atoms with E-state index in [1.54, 1.807) is 0 Å². The summed E-state index contributed by atoms with van der Waals surface area (Å²) < 4.78 is 59.1. The highest BCUT2D eigenvalue weighted by Gasteiger charge is 2.34. The Morgan fingerprint density at radius 2 is 2.03 bits per heavy atom. The van der Waals surface area contributed by atoms with Gasteiger partial charge in [0.15, 0.2) is 15.5 Å². The number of hydrogen-bond acceptors (Lipinski definition) is 6. The first-order valence-electron chi connectivity index (χ1n) is 8.99. The molecule has 0 N–H and O–H groups in total. The van der Waals surface area contributed by atoms with Gasteiger partial charge in [0.1, 0.15) is 17.7 Å². The number of aromatic nitrogens is 3. The summed E-state index contributed by atoms with van der Waals surface area (Å²) in [5, 5.41) is 7.56. The Morgan fingerprint density at radius 1 is 1.30 bits per heavy atom. The van der Waals surface area contributed by atoms with Gasteiger partial charge in [-0.15, -0.1) is 11.5 Å². The van der Waals surface area contributed by atoms with Crippen molar-refractivity contribution < 1.29 is 26.7 Å². The lowest BCUT2D eigenvalue weighted by Gasteiger charge is -2.18. The van der Waals surface area contributed by atoms with E-state index in [0.717, 1.165) is 17.0 Å². The zero-order valence-electron chi connectivity index (χ0n) is 15.6. The number of amides is 1. The van der Waals surface area contributed by atoms with E-state index in [2.05, 4.69) is 16.2 Å². The van der Waals surface area contributed by atoms with Crippen molar-refractivity contribution in [2.24, 2.45) is 0 Å². The molecule has 1 amide bonds. The van der Waals surface area contributed by atoms with Crippen LogP contribution < -0.4 is 4.90 Å². The van der Waals surface area contributed by atoms with Crippen LogP contribution in [-0.4, -0.2) is 53.7 Å². The van der Waals surface area contributed by atoms with E-state index in [9.17, 15) is 22.0 Å². The van der Waals surface area contributed by atoms with Gasteiger partial charge >= 0.3 is 6.09 Å². The monoisotopic (exact) mass is 434 g/mol. The van der Waals surface area contributed by atoms with Gasteiger partial charge in [0.25, 0.3) is 0 Å². The van der Waals surface area contributed by atoms with E-state index in [4.69, 9.17) is 11.2 Å². The molecule has 0 radical (unpaired) electrons. The third-order valence-corrected chi connectivity index (χ3v) is 6.38. The van der Waals surface area contributed by atoms with E-state index in [-0.39, 0.29) is 42.3 Å². The molecule has 11 heteroatoms. The number of sulfone groups is 1. The van der Waals surface area contributed by atoms with Crippen LogP contribution in [0.15, 0.2) is 24.4 Å². The number of carbonyl (C=O) groups excluding carboxylic acids is 1. The molecule has 0 bridgehead atoms. The van der Waals surface area contributed by atoms with Gasteiger partial charge < -0.3 is 4.74 Å². The minimum absolute atomic E-state index is 0.00758. The normalized spacial score (nSPS) is 20.6. The summed E-state index contributed by atoms with van der Waals surface area (Å²) in [7, 11) is -3.22. The molecule has 1 aromatic carbocycles. The van der Waals surface area contributed by atoms with Crippen molar-refractivity contribution in [3.63, 3.8) is 0 Å². The molecule has 0 spiro atoms. The number of rotatable bonds is 4. The van der Waals surface area contributed by atoms with Gasteiger partial charge in [-0.2, -0.15) is 0 Å². The van der Waals surface area contributed by atoms with Crippen LogP contribution in [-0.2, 0) is 21.1 Å². The van der Waals surface area contributed by atoms with Crippen LogP contribution in [0.1, 0.15) is 17.7 Å². The fraction of sp³-hybridized carbons (Fsp3) is 0.316. The SMILES string of the molecule is C#Cc1cn(CC2CN(c3cc(F)c(C4=CCS(=O)(=O)CC4)c(F)c3)C(=O)O2)nn1. The van der Waals surface area contributed by atoms with E-state index >= 15 is 0 Å². The van der Waals surface area contributed by atoms with Crippen LogP contribution >= 0.6 is 0 Å². The predicted molar refractivity (Wildman–Crippen MR) is 103 cm³/mol. The molecule has 1 saturated heterocycles. The van der Waals surface area contributed by atoms with Crippen LogP contribution in [0.2, 0.25) is 0 Å². The third-order valence-electron chi connectivity index (χ3n) is 4.88. The number of ether oxygens (including phenoxy) is 1. The zero-order chi connectivity index (χ0) is 21.5. The average Bonchev–Trinajstić information content (AvgIpc) is 3.28. The van der Waals surface area contributed by atoms with Gasteiger partial charge in [0.05, 0.1) is 36.5 Å². The summed E-state index contributed by atoms with van der Waals surface area (Å²) in [6.07, 6.45) is 6.75. The van der Waals surface area contributed by atoms with Crippen LogP contribution in [0.3, 0.4) is 0 Å². The lowest BCUT2D eigenvalue weighted by Crippen LogP contribution is -2.26. The Bertz CT molecular complexity index is 1180. The summed E-state index contributed by atoms with van der Waals surface area (Å²) in [4.78, 5) is 13.3. The molecule has 1 atom stereocenters. The molecule has 156 valence electrons. The van der Waals surface area contributed by atoms with Crippen molar-refractivity contribution in [3.8, 4) is 12.3 Å². The second kappa shape index (κ2) is 7.53. The molecule has 3 heterocycles. The van der Waals surface area contributed by atoms with Crippen LogP contribution in [0.4, 0.5) is 19.3 Å². The number of hydrogen-bond donors (Lipinski definition) is 0. The molecule has 4 rings (SSSR count). The first-order chi connectivity index (χ1) is 14.3. The fourth-order valence-electron chi connectivity index (χ4n) is 3.42. The Kier molecular flexibility index (Phi) is 5.03. The maximum absolute atomic E-state index is 14.7. The third kappa shape index (κ3) is 3.91. The Hall–Kier alpha value is -3.26. The van der Waals surface area contributed by atoms with Gasteiger partial charge in [-0.3, -0.25) is 4.90 Å². The average molecular weight is 434 g/mol. The van der Waals surface area contributed by atoms with Crippen molar-refractivity contribution in [2.45, 2.75) is 19.1 Å². The smallest absolute Gasteiger partial charge is 0.414 e. The number of carbonyl (C=O) groups is 1. The summed E-state index contributed by atoms with van der Waals surface area (Å²) in [5.41, 5.74) is 0.361. The molecule has 1 unspecified atom stereocenters. The van der Waals surface area contributed by atoms with E-state index in [0.29, 0.717) is 11.3 Å². The number of cyclic esters (lactones) is 1. The molecule has 1 fully saturated rings.